The molecule has 6 nitrogen and oxygen atoms in total. The molecule has 1 aromatic carbocycles. The number of benzene rings is 1. The molecule has 0 saturated carbocycles. The van der Waals surface area contributed by atoms with Gasteiger partial charge in [-0.3, -0.25) is 9.59 Å². The summed E-state index contributed by atoms with van der Waals surface area (Å²) < 4.78 is 0. The number of carbonyl (C=O) groups is 2. The number of nitrogens with zero attached hydrogens (tertiary/aromatic N) is 1. The van der Waals surface area contributed by atoms with E-state index in [-0.39, 0.29) is 13.1 Å². The Morgan fingerprint density at radius 3 is 2.21 bits per heavy atom. The molecule has 0 saturated heterocycles. The molecule has 19 heavy (non-hydrogen) atoms. The average Bonchev–Trinajstić information content (AvgIpc) is 2.35. The molecular formula is C12H18N4O2S. The zero-order valence-electron chi connectivity index (χ0n) is 10.8. The molecule has 1 rings (SSSR count). The molecule has 0 unspecified atom stereocenters. The molecule has 0 aliphatic heterocycles. The molecule has 0 aromatic heterocycles. The lowest BCUT2D eigenvalue weighted by molar-refractivity contribution is -0.117. The van der Waals surface area contributed by atoms with Crippen molar-refractivity contribution in [2.45, 2.75) is 11.4 Å². The Labute approximate surface area is 116 Å². The summed E-state index contributed by atoms with van der Waals surface area (Å²) >= 11 is 1.55. The Kier molecular flexibility index (Phi) is 5.65. The van der Waals surface area contributed by atoms with Gasteiger partial charge in [0.2, 0.25) is 11.8 Å². The van der Waals surface area contributed by atoms with Gasteiger partial charge in [0.05, 0.1) is 13.1 Å². The maximum atomic E-state index is 11.1. The predicted molar refractivity (Wildman–Crippen MR) is 76.7 cm³/mol. The second-order valence-electron chi connectivity index (χ2n) is 3.95. The van der Waals surface area contributed by atoms with Gasteiger partial charge in [-0.15, -0.1) is 11.8 Å². The minimum absolute atomic E-state index is 0.0756. The largest absolute Gasteiger partial charge is 0.368 e. The highest BCUT2D eigenvalue weighted by Crippen LogP contribution is 2.29. The first-order valence-electron chi connectivity index (χ1n) is 5.67. The first kappa shape index (κ1) is 15.3. The number of thioether (sulfide) groups is 1. The van der Waals surface area contributed by atoms with Crippen molar-refractivity contribution in [1.82, 2.24) is 0 Å². The Bertz CT molecular complexity index is 463. The molecule has 0 radical (unpaired) electrons. The number of hydrogen-bond acceptors (Lipinski definition) is 5. The Hall–Kier alpha value is -1.73. The van der Waals surface area contributed by atoms with E-state index in [1.165, 1.54) is 0 Å². The fourth-order valence-electron chi connectivity index (χ4n) is 1.85. The van der Waals surface area contributed by atoms with Crippen molar-refractivity contribution in [3.05, 3.63) is 23.8 Å². The summed E-state index contributed by atoms with van der Waals surface area (Å²) in [6.07, 6.45) is 1.94. The Morgan fingerprint density at radius 1 is 1.21 bits per heavy atom. The lowest BCUT2D eigenvalue weighted by Gasteiger charge is -2.25. The molecule has 0 fully saturated rings. The third kappa shape index (κ3) is 4.15. The molecular weight excluding hydrogens is 264 g/mol. The molecule has 104 valence electrons. The first-order valence-corrected chi connectivity index (χ1v) is 6.89. The maximum Gasteiger partial charge on any atom is 0.236 e. The Balaban J connectivity index is 3.20. The van der Waals surface area contributed by atoms with E-state index in [1.54, 1.807) is 22.7 Å². The second kappa shape index (κ2) is 7.01. The summed E-state index contributed by atoms with van der Waals surface area (Å²) in [4.78, 5) is 24.8. The van der Waals surface area contributed by atoms with Gasteiger partial charge in [0.1, 0.15) is 0 Å². The number of carbonyl (C=O) groups excluding carboxylic acids is 2. The summed E-state index contributed by atoms with van der Waals surface area (Å²) in [6, 6.07) is 5.58. The zero-order chi connectivity index (χ0) is 14.4. The average molecular weight is 282 g/mol. The van der Waals surface area contributed by atoms with Crippen LogP contribution >= 0.6 is 11.8 Å². The van der Waals surface area contributed by atoms with E-state index in [9.17, 15) is 9.59 Å². The topological polar surface area (TPSA) is 115 Å². The van der Waals surface area contributed by atoms with Crippen LogP contribution in [0.25, 0.3) is 0 Å². The molecule has 0 atom stereocenters. The molecule has 1 aromatic rings. The highest BCUT2D eigenvalue weighted by Gasteiger charge is 2.16. The van der Waals surface area contributed by atoms with Crippen LogP contribution in [0.15, 0.2) is 23.1 Å². The van der Waals surface area contributed by atoms with Gasteiger partial charge < -0.3 is 22.1 Å². The number of primary amides is 2. The first-order chi connectivity index (χ1) is 8.99. The summed E-state index contributed by atoms with van der Waals surface area (Å²) in [5.41, 5.74) is 17.7. The van der Waals surface area contributed by atoms with E-state index < -0.39 is 11.8 Å². The van der Waals surface area contributed by atoms with Crippen LogP contribution in [0.4, 0.5) is 5.69 Å². The van der Waals surface area contributed by atoms with Crippen LogP contribution in [0, 0.1) is 0 Å². The summed E-state index contributed by atoms with van der Waals surface area (Å²) in [6.45, 7) is 0.155. The lowest BCUT2D eigenvalue weighted by atomic mass is 10.1. The SMILES string of the molecule is CSc1cccc(N(CC(N)=O)CC(N)=O)c1CN. The zero-order valence-corrected chi connectivity index (χ0v) is 11.6. The van der Waals surface area contributed by atoms with Crippen LogP contribution in [0.1, 0.15) is 5.56 Å². The van der Waals surface area contributed by atoms with Crippen LogP contribution in [0.5, 0.6) is 0 Å². The van der Waals surface area contributed by atoms with Crippen molar-refractivity contribution >= 4 is 29.3 Å². The van der Waals surface area contributed by atoms with Crippen molar-refractivity contribution < 1.29 is 9.59 Å². The van der Waals surface area contributed by atoms with E-state index in [0.717, 1.165) is 10.5 Å². The van der Waals surface area contributed by atoms with Crippen molar-refractivity contribution in [3.8, 4) is 0 Å². The maximum absolute atomic E-state index is 11.1. The molecule has 7 heteroatoms. The van der Waals surface area contributed by atoms with E-state index in [4.69, 9.17) is 17.2 Å². The van der Waals surface area contributed by atoms with E-state index in [0.29, 0.717) is 12.2 Å². The monoisotopic (exact) mass is 282 g/mol. The quantitative estimate of drug-likeness (QED) is 0.591. The minimum Gasteiger partial charge on any atom is -0.368 e. The molecule has 6 N–H and O–H groups in total. The van der Waals surface area contributed by atoms with Gasteiger partial charge in [-0.2, -0.15) is 0 Å². The van der Waals surface area contributed by atoms with Crippen molar-refractivity contribution in [1.29, 1.82) is 0 Å². The fraction of sp³-hybridized carbons (Fsp3) is 0.333. The summed E-state index contributed by atoms with van der Waals surface area (Å²) in [7, 11) is 0. The van der Waals surface area contributed by atoms with Gasteiger partial charge >= 0.3 is 0 Å². The number of nitrogens with two attached hydrogens (primary N) is 3. The smallest absolute Gasteiger partial charge is 0.236 e. The highest BCUT2D eigenvalue weighted by atomic mass is 32.2. The van der Waals surface area contributed by atoms with E-state index in [1.807, 2.05) is 18.4 Å². The molecule has 0 bridgehead atoms. The summed E-state index contributed by atoms with van der Waals surface area (Å²) in [5, 5.41) is 0. The van der Waals surface area contributed by atoms with Gasteiger partial charge in [0, 0.05) is 22.7 Å². The van der Waals surface area contributed by atoms with Crippen molar-refractivity contribution in [2.75, 3.05) is 24.2 Å². The van der Waals surface area contributed by atoms with Gasteiger partial charge in [-0.25, -0.2) is 0 Å². The summed E-state index contributed by atoms with van der Waals surface area (Å²) in [5.74, 6) is -1.06. The minimum atomic E-state index is -0.529. The van der Waals surface area contributed by atoms with Gasteiger partial charge in [0.15, 0.2) is 0 Å². The molecule has 0 spiro atoms. The lowest BCUT2D eigenvalue weighted by Crippen LogP contribution is -2.40. The predicted octanol–water partition coefficient (Wildman–Crippen LogP) is -0.356. The van der Waals surface area contributed by atoms with Crippen LogP contribution in [-0.2, 0) is 16.1 Å². The molecule has 2 amide bonds. The number of hydrogen-bond donors (Lipinski definition) is 3. The van der Waals surface area contributed by atoms with E-state index in [2.05, 4.69) is 0 Å². The van der Waals surface area contributed by atoms with Crippen LogP contribution in [-0.4, -0.2) is 31.2 Å². The number of anilines is 1. The highest BCUT2D eigenvalue weighted by molar-refractivity contribution is 7.98. The van der Waals surface area contributed by atoms with Crippen LogP contribution in [0.2, 0.25) is 0 Å². The van der Waals surface area contributed by atoms with Crippen LogP contribution < -0.4 is 22.1 Å². The molecule has 0 aliphatic carbocycles. The Morgan fingerprint density at radius 2 is 1.79 bits per heavy atom. The van der Waals surface area contributed by atoms with E-state index >= 15 is 0 Å². The van der Waals surface area contributed by atoms with Gasteiger partial charge in [-0.05, 0) is 18.4 Å². The molecule has 0 heterocycles. The third-order valence-electron chi connectivity index (χ3n) is 2.57. The standard InChI is InChI=1S/C12H18N4O2S/c1-19-10-4-2-3-9(8(10)5-13)16(6-11(14)17)7-12(15)18/h2-4H,5-7,13H2,1H3,(H2,14,17)(H2,15,18). The van der Waals surface area contributed by atoms with Crippen molar-refractivity contribution in [2.24, 2.45) is 17.2 Å². The number of rotatable bonds is 7. The van der Waals surface area contributed by atoms with Gasteiger partial charge in [-0.1, -0.05) is 6.07 Å². The number of amides is 2. The normalized spacial score (nSPS) is 10.2. The van der Waals surface area contributed by atoms with Crippen molar-refractivity contribution in [3.63, 3.8) is 0 Å². The third-order valence-corrected chi connectivity index (χ3v) is 3.39. The second-order valence-corrected chi connectivity index (χ2v) is 4.80. The van der Waals surface area contributed by atoms with Gasteiger partial charge in [0.25, 0.3) is 0 Å². The fourth-order valence-corrected chi connectivity index (χ4v) is 2.50. The van der Waals surface area contributed by atoms with Crippen LogP contribution in [0.3, 0.4) is 0 Å². The molecule has 0 aliphatic rings.